The van der Waals surface area contributed by atoms with Crippen LogP contribution in [0.2, 0.25) is 0 Å². The second kappa shape index (κ2) is 7.79. The average molecular weight is 339 g/mol. The van der Waals surface area contributed by atoms with Crippen LogP contribution < -0.4 is 15.0 Å². The van der Waals surface area contributed by atoms with Crippen molar-refractivity contribution in [2.75, 3.05) is 18.1 Å². The molecule has 0 radical (unpaired) electrons. The highest BCUT2D eigenvalue weighted by Crippen LogP contribution is 2.32. The molecule has 0 bridgehead atoms. The molecule has 2 heterocycles. The van der Waals surface area contributed by atoms with Gasteiger partial charge in [0.1, 0.15) is 5.75 Å². The monoisotopic (exact) mass is 339 g/mol. The van der Waals surface area contributed by atoms with Crippen molar-refractivity contribution < 1.29 is 14.3 Å². The van der Waals surface area contributed by atoms with Crippen LogP contribution in [0, 0.1) is 6.92 Å². The summed E-state index contributed by atoms with van der Waals surface area (Å²) in [5, 5.41) is 2.88. The van der Waals surface area contributed by atoms with Crippen molar-refractivity contribution in [1.29, 1.82) is 0 Å². The summed E-state index contributed by atoms with van der Waals surface area (Å²) in [5.74, 6) is 0.615. The van der Waals surface area contributed by atoms with Gasteiger partial charge in [-0.25, -0.2) is 0 Å². The van der Waals surface area contributed by atoms with E-state index in [1.807, 2.05) is 37.3 Å². The van der Waals surface area contributed by atoms with Crippen LogP contribution in [0.25, 0.3) is 0 Å². The van der Waals surface area contributed by atoms with Gasteiger partial charge in [0.25, 0.3) is 5.91 Å². The number of hydrogen-bond donors (Lipinski definition) is 1. The minimum atomic E-state index is -0.0738. The number of hydrogen-bond acceptors (Lipinski definition) is 4. The Kier molecular flexibility index (Phi) is 5.28. The molecule has 1 aromatic carbocycles. The highest BCUT2D eigenvalue weighted by atomic mass is 16.5. The molecule has 0 atom stereocenters. The average Bonchev–Trinajstić information content (AvgIpc) is 2.63. The van der Waals surface area contributed by atoms with Gasteiger partial charge in [0, 0.05) is 31.9 Å². The number of amides is 2. The Bertz CT molecular complexity index is 762. The zero-order valence-corrected chi connectivity index (χ0v) is 14.2. The molecule has 0 aliphatic carbocycles. The molecule has 1 N–H and O–H groups in total. The number of carbonyl (C=O) groups excluding carboxylic acids is 2. The molecule has 0 saturated heterocycles. The maximum Gasteiger partial charge on any atom is 0.265 e. The third-order valence-corrected chi connectivity index (χ3v) is 4.08. The number of fused-ring (bicyclic) bond motifs is 1. The summed E-state index contributed by atoms with van der Waals surface area (Å²) < 4.78 is 5.46. The van der Waals surface area contributed by atoms with E-state index in [4.69, 9.17) is 4.74 Å². The number of nitrogens with one attached hydrogen (secondary N) is 1. The van der Waals surface area contributed by atoms with E-state index in [2.05, 4.69) is 10.3 Å². The number of aryl methyl sites for hydroxylation is 1. The molecule has 0 saturated carbocycles. The first-order chi connectivity index (χ1) is 12.1. The predicted molar refractivity (Wildman–Crippen MR) is 94.3 cm³/mol. The van der Waals surface area contributed by atoms with Gasteiger partial charge in [0.05, 0.1) is 5.69 Å². The Morgan fingerprint density at radius 1 is 1.28 bits per heavy atom. The van der Waals surface area contributed by atoms with Gasteiger partial charge >= 0.3 is 0 Å². The second-order valence-electron chi connectivity index (χ2n) is 6.04. The molecule has 3 rings (SSSR count). The highest BCUT2D eigenvalue weighted by Gasteiger charge is 2.25. The van der Waals surface area contributed by atoms with Gasteiger partial charge in [-0.2, -0.15) is 0 Å². The minimum Gasteiger partial charge on any atom is -0.482 e. The SMILES string of the molecule is Cc1ccc2c(c1)N(CCCC(=O)NCc1ccncc1)C(=O)CO2. The number of ether oxygens (including phenoxy) is 1. The summed E-state index contributed by atoms with van der Waals surface area (Å²) in [5.41, 5.74) is 2.86. The summed E-state index contributed by atoms with van der Waals surface area (Å²) in [6, 6.07) is 9.51. The largest absolute Gasteiger partial charge is 0.482 e. The zero-order valence-electron chi connectivity index (χ0n) is 14.2. The van der Waals surface area contributed by atoms with Crippen LogP contribution in [-0.2, 0) is 16.1 Å². The molecule has 0 unspecified atom stereocenters. The van der Waals surface area contributed by atoms with E-state index in [-0.39, 0.29) is 18.4 Å². The van der Waals surface area contributed by atoms with Gasteiger partial charge < -0.3 is 15.0 Å². The molecule has 2 amide bonds. The first-order valence-corrected chi connectivity index (χ1v) is 8.33. The fourth-order valence-electron chi connectivity index (χ4n) is 2.74. The van der Waals surface area contributed by atoms with Crippen LogP contribution >= 0.6 is 0 Å². The minimum absolute atomic E-state index is 0.0259. The fourth-order valence-corrected chi connectivity index (χ4v) is 2.74. The smallest absolute Gasteiger partial charge is 0.265 e. The molecule has 1 aliphatic heterocycles. The van der Waals surface area contributed by atoms with Gasteiger partial charge in [-0.3, -0.25) is 14.6 Å². The van der Waals surface area contributed by atoms with Crippen LogP contribution in [0.3, 0.4) is 0 Å². The molecule has 1 aliphatic rings. The van der Waals surface area contributed by atoms with E-state index in [9.17, 15) is 9.59 Å². The van der Waals surface area contributed by atoms with Crippen molar-refractivity contribution >= 4 is 17.5 Å². The lowest BCUT2D eigenvalue weighted by Gasteiger charge is -2.29. The third-order valence-electron chi connectivity index (χ3n) is 4.08. The molecule has 1 aromatic heterocycles. The summed E-state index contributed by atoms with van der Waals surface area (Å²) in [7, 11) is 0. The second-order valence-corrected chi connectivity index (χ2v) is 6.04. The number of benzene rings is 1. The Labute approximate surface area is 146 Å². The normalized spacial score (nSPS) is 13.2. The predicted octanol–water partition coefficient (Wildman–Crippen LogP) is 2.21. The molecule has 0 fully saturated rings. The Hall–Kier alpha value is -2.89. The lowest BCUT2D eigenvalue weighted by molar-refractivity contribution is -0.123. The first kappa shape index (κ1) is 17.0. The summed E-state index contributed by atoms with van der Waals surface area (Å²) >= 11 is 0. The van der Waals surface area contributed by atoms with Crippen LogP contribution in [0.5, 0.6) is 5.75 Å². The molecular formula is C19H21N3O3. The van der Waals surface area contributed by atoms with Gasteiger partial charge in [-0.1, -0.05) is 6.07 Å². The van der Waals surface area contributed by atoms with Crippen molar-refractivity contribution in [3.8, 4) is 5.75 Å². The van der Waals surface area contributed by atoms with Crippen molar-refractivity contribution in [3.05, 3.63) is 53.9 Å². The number of pyridine rings is 1. The van der Waals surface area contributed by atoms with E-state index < -0.39 is 0 Å². The summed E-state index contributed by atoms with van der Waals surface area (Å²) in [4.78, 5) is 29.8. The van der Waals surface area contributed by atoms with Crippen LogP contribution in [0.1, 0.15) is 24.0 Å². The lowest BCUT2D eigenvalue weighted by atomic mass is 10.1. The number of anilines is 1. The van der Waals surface area contributed by atoms with E-state index in [0.29, 0.717) is 31.7 Å². The molecule has 0 spiro atoms. The van der Waals surface area contributed by atoms with Crippen molar-refractivity contribution in [2.24, 2.45) is 0 Å². The van der Waals surface area contributed by atoms with E-state index in [0.717, 1.165) is 16.8 Å². The van der Waals surface area contributed by atoms with Crippen LogP contribution in [-0.4, -0.2) is 29.9 Å². The molecule has 6 heteroatoms. The zero-order chi connectivity index (χ0) is 17.6. The number of carbonyl (C=O) groups is 2. The molecule has 25 heavy (non-hydrogen) atoms. The Balaban J connectivity index is 1.51. The lowest BCUT2D eigenvalue weighted by Crippen LogP contribution is -2.39. The standard InChI is InChI=1S/C19H21N3O3/c1-14-4-5-17-16(11-14)22(19(24)13-25-17)10-2-3-18(23)21-12-15-6-8-20-9-7-15/h4-9,11H,2-3,10,12-13H2,1H3,(H,21,23). The fraction of sp³-hybridized carbons (Fsp3) is 0.316. The maximum absolute atomic E-state index is 12.1. The topological polar surface area (TPSA) is 71.5 Å². The quantitative estimate of drug-likeness (QED) is 0.876. The maximum atomic E-state index is 12.1. The molecule has 130 valence electrons. The van der Waals surface area contributed by atoms with Gasteiger partial charge in [-0.15, -0.1) is 0 Å². The highest BCUT2D eigenvalue weighted by molar-refractivity contribution is 5.98. The van der Waals surface area contributed by atoms with E-state index >= 15 is 0 Å². The van der Waals surface area contributed by atoms with Crippen molar-refractivity contribution in [1.82, 2.24) is 10.3 Å². The van der Waals surface area contributed by atoms with Crippen LogP contribution in [0.15, 0.2) is 42.7 Å². The third kappa shape index (κ3) is 4.35. The summed E-state index contributed by atoms with van der Waals surface area (Å²) in [6.07, 6.45) is 4.37. The van der Waals surface area contributed by atoms with Crippen molar-refractivity contribution in [2.45, 2.75) is 26.3 Å². The molecular weight excluding hydrogens is 318 g/mol. The van der Waals surface area contributed by atoms with Crippen molar-refractivity contribution in [3.63, 3.8) is 0 Å². The molecule has 6 nitrogen and oxygen atoms in total. The number of nitrogens with zero attached hydrogens (tertiary/aromatic N) is 2. The van der Waals surface area contributed by atoms with Gasteiger partial charge in [0.15, 0.2) is 6.61 Å². The van der Waals surface area contributed by atoms with Gasteiger partial charge in [0.2, 0.25) is 5.91 Å². The van der Waals surface area contributed by atoms with E-state index in [1.165, 1.54) is 0 Å². The van der Waals surface area contributed by atoms with E-state index in [1.54, 1.807) is 17.3 Å². The Morgan fingerprint density at radius 2 is 2.08 bits per heavy atom. The number of aromatic nitrogens is 1. The Morgan fingerprint density at radius 3 is 2.88 bits per heavy atom. The number of rotatable bonds is 6. The first-order valence-electron chi connectivity index (χ1n) is 8.33. The van der Waals surface area contributed by atoms with Gasteiger partial charge in [-0.05, 0) is 48.7 Å². The molecule has 2 aromatic rings. The summed E-state index contributed by atoms with van der Waals surface area (Å²) in [6.45, 7) is 3.01. The van der Waals surface area contributed by atoms with Crippen LogP contribution in [0.4, 0.5) is 5.69 Å².